The number of nitrogens with zero attached hydrogens (tertiary/aromatic N) is 4. The maximum Gasteiger partial charge on any atom is 0.316 e. The molecule has 0 atom stereocenters. The molecule has 289 valence electrons. The quantitative estimate of drug-likeness (QED) is 0.0803. The monoisotopic (exact) mass is 947 g/mol. The fraction of sp³-hybridized carbons (Fsp3) is 0.204. The Kier molecular flexibility index (Phi) is 12.0. The Morgan fingerprint density at radius 3 is 1.67 bits per heavy atom. The number of carbonyl (C=O) groups excluding carboxylic acids is 1. The molecular weight excluding hydrogens is 901 g/mol. The van der Waals surface area contributed by atoms with E-state index in [0.717, 1.165) is 38.7 Å². The average Bonchev–Trinajstić information content (AvgIpc) is 3.54. The third kappa shape index (κ3) is 9.10. The van der Waals surface area contributed by atoms with Crippen LogP contribution in [0.4, 0.5) is 0 Å². The van der Waals surface area contributed by atoms with Crippen LogP contribution in [0.2, 0.25) is 0 Å². The number of pyridine rings is 1. The molecular formula is C49H46IrN4O2S. The number of thiophene rings is 1. The number of allylic oxidation sites excluding steroid dienone is 2. The van der Waals surface area contributed by atoms with Crippen molar-refractivity contribution in [2.75, 3.05) is 0 Å². The first-order valence-electron chi connectivity index (χ1n) is 18.7. The summed E-state index contributed by atoms with van der Waals surface area (Å²) in [7, 11) is 0. The first-order chi connectivity index (χ1) is 26.7. The van der Waals surface area contributed by atoms with Crippen LogP contribution in [0.5, 0.6) is 0 Å². The van der Waals surface area contributed by atoms with Gasteiger partial charge in [0.2, 0.25) is 0 Å². The first kappa shape index (κ1) is 41.2. The van der Waals surface area contributed by atoms with Gasteiger partial charge in [-0.3, -0.25) is 4.79 Å². The summed E-state index contributed by atoms with van der Waals surface area (Å²) in [5, 5.41) is 13.0. The number of aliphatic hydroxyl groups is 1. The molecule has 8 aromatic rings. The van der Waals surface area contributed by atoms with Crippen molar-refractivity contribution in [2.24, 2.45) is 0 Å². The van der Waals surface area contributed by atoms with Gasteiger partial charge < -0.3 is 10.1 Å². The molecule has 0 aliphatic carbocycles. The van der Waals surface area contributed by atoms with Gasteiger partial charge >= 0.3 is 5.78 Å². The van der Waals surface area contributed by atoms with Gasteiger partial charge in [0.05, 0.1) is 18.8 Å². The van der Waals surface area contributed by atoms with Gasteiger partial charge in [0.1, 0.15) is 0 Å². The number of aliphatic hydroxyl groups excluding tert-OH is 1. The minimum Gasteiger partial charge on any atom is -0.512 e. The first-order valence-corrected chi connectivity index (χ1v) is 19.6. The van der Waals surface area contributed by atoms with Crippen molar-refractivity contribution < 1.29 is 30.0 Å². The molecule has 3 heterocycles. The van der Waals surface area contributed by atoms with Crippen LogP contribution in [0.1, 0.15) is 66.5 Å². The maximum atomic E-state index is 8.40. The van der Waals surface area contributed by atoms with E-state index in [0.29, 0.717) is 17.5 Å². The molecule has 8 heteroatoms. The zero-order valence-electron chi connectivity index (χ0n) is 33.5. The number of rotatable bonds is 5. The van der Waals surface area contributed by atoms with E-state index in [1.54, 1.807) is 11.3 Å². The van der Waals surface area contributed by atoms with E-state index in [4.69, 9.17) is 29.8 Å². The Balaban J connectivity index is 0.000000631. The third-order valence-corrected chi connectivity index (χ3v) is 10.8. The van der Waals surface area contributed by atoms with Crippen LogP contribution in [0, 0.1) is 6.07 Å². The van der Waals surface area contributed by atoms with Crippen molar-refractivity contribution >= 4 is 48.1 Å². The van der Waals surface area contributed by atoms with E-state index in [-0.39, 0.29) is 42.5 Å². The number of fused-ring (bicyclic) bond motifs is 4. The summed E-state index contributed by atoms with van der Waals surface area (Å²) in [5.74, 6) is 2.12. The van der Waals surface area contributed by atoms with Crippen molar-refractivity contribution in [3.05, 3.63) is 144 Å². The Morgan fingerprint density at radius 2 is 1.16 bits per heavy atom. The maximum absolute atomic E-state index is 8.40. The molecule has 0 saturated heterocycles. The van der Waals surface area contributed by atoms with Crippen LogP contribution in [0.3, 0.4) is 0 Å². The Labute approximate surface area is 352 Å². The van der Waals surface area contributed by atoms with Crippen molar-refractivity contribution in [1.82, 2.24) is 19.9 Å². The normalized spacial score (nSPS) is 12.0. The van der Waals surface area contributed by atoms with E-state index in [2.05, 4.69) is 157 Å². The third-order valence-electron chi connectivity index (χ3n) is 9.67. The number of hydrogen-bond donors (Lipinski definition) is 1. The predicted octanol–water partition coefficient (Wildman–Crippen LogP) is 12.9. The van der Waals surface area contributed by atoms with Gasteiger partial charge in [0, 0.05) is 47.7 Å². The largest absolute Gasteiger partial charge is 0.512 e. The molecule has 0 saturated carbocycles. The van der Waals surface area contributed by atoms with E-state index >= 15 is 0 Å². The number of ketones is 1. The molecule has 0 bridgehead atoms. The standard InChI is InChI=1S/C44H37N4S.C5H8O2.Ir/c1-43(2,3)30-20-15-27(16-21-30)40-46-41(28-17-22-31(23-18-28)44(4,5)6)48-42(47-40)36-26-45-39(35-13-8-7-11-32(35)36)29-19-24-34-33-12-9-10-14-37(33)49-38(34)25-29;1-4(6)3-5(2)7;/h7-18,20-26H,1-6H3;3,6H,1-2H3;/q-1;;/p+1/b;4-3-;. The van der Waals surface area contributed by atoms with E-state index in [1.165, 1.54) is 51.2 Å². The second-order valence-electron chi connectivity index (χ2n) is 16.2. The zero-order chi connectivity index (χ0) is 39.8. The SMILES string of the molecule is CC(=[OH+])/C=C(/C)O.CC(C)(C)c1ccc(-c2nc(-c3ccc(C(C)(C)C)cc3)nc(-c3cnc(-c4[c-]cc5c(c4)sc4ccccc45)c4ccccc34)n2)cc1.[Ir]. The van der Waals surface area contributed by atoms with Crippen molar-refractivity contribution in [3.63, 3.8) is 0 Å². The van der Waals surface area contributed by atoms with Crippen LogP contribution < -0.4 is 0 Å². The Hall–Kier alpha value is -5.40. The topological polar surface area (TPSA) is 93.2 Å². The second kappa shape index (κ2) is 16.6. The fourth-order valence-electron chi connectivity index (χ4n) is 6.68. The summed E-state index contributed by atoms with van der Waals surface area (Å²) in [6.45, 7) is 16.3. The van der Waals surface area contributed by atoms with Crippen LogP contribution in [-0.2, 0) is 30.9 Å². The minimum absolute atomic E-state index is 0. The summed E-state index contributed by atoms with van der Waals surface area (Å²) < 4.78 is 2.50. The molecule has 57 heavy (non-hydrogen) atoms. The molecule has 0 unspecified atom stereocenters. The van der Waals surface area contributed by atoms with Gasteiger partial charge in [0.15, 0.2) is 17.5 Å². The number of hydrogen-bond acceptors (Lipinski definition) is 6. The molecule has 1 radical (unpaired) electrons. The Bertz CT molecular complexity index is 2680. The minimum atomic E-state index is 0. The molecule has 0 amide bonds. The summed E-state index contributed by atoms with van der Waals surface area (Å²) in [4.78, 5) is 28.7. The van der Waals surface area contributed by atoms with Crippen LogP contribution in [0.15, 0.2) is 127 Å². The van der Waals surface area contributed by atoms with Gasteiger partial charge in [-0.2, -0.15) is 11.3 Å². The second-order valence-corrected chi connectivity index (χ2v) is 17.3. The zero-order valence-corrected chi connectivity index (χ0v) is 36.7. The smallest absolute Gasteiger partial charge is 0.316 e. The Morgan fingerprint density at radius 1 is 0.649 bits per heavy atom. The molecule has 8 rings (SSSR count). The van der Waals surface area contributed by atoms with Gasteiger partial charge in [-0.05, 0) is 61.5 Å². The number of aromatic nitrogens is 4. The van der Waals surface area contributed by atoms with Crippen molar-refractivity contribution in [3.8, 4) is 45.4 Å². The fourth-order valence-corrected chi connectivity index (χ4v) is 7.81. The summed E-state index contributed by atoms with van der Waals surface area (Å²) in [6.07, 6.45) is 3.19. The molecule has 0 spiro atoms. The molecule has 0 aliphatic rings. The van der Waals surface area contributed by atoms with Crippen molar-refractivity contribution in [1.29, 1.82) is 0 Å². The van der Waals surface area contributed by atoms with Gasteiger partial charge in [-0.15, -0.1) is 23.8 Å². The van der Waals surface area contributed by atoms with E-state index < -0.39 is 0 Å². The summed E-state index contributed by atoms with van der Waals surface area (Å²) in [6, 6.07) is 42.0. The van der Waals surface area contributed by atoms with Crippen molar-refractivity contribution in [2.45, 2.75) is 66.2 Å². The van der Waals surface area contributed by atoms with Gasteiger partial charge in [-0.1, -0.05) is 138 Å². The molecule has 6 nitrogen and oxygen atoms in total. The van der Waals surface area contributed by atoms with Crippen LogP contribution in [0.25, 0.3) is 76.4 Å². The molecule has 0 aliphatic heterocycles. The van der Waals surface area contributed by atoms with E-state index in [9.17, 15) is 0 Å². The number of benzene rings is 5. The van der Waals surface area contributed by atoms with E-state index in [1.807, 2.05) is 6.20 Å². The predicted molar refractivity (Wildman–Crippen MR) is 235 cm³/mol. The van der Waals surface area contributed by atoms with Gasteiger partial charge in [-0.25, -0.2) is 15.0 Å². The molecule has 0 fully saturated rings. The summed E-state index contributed by atoms with van der Waals surface area (Å²) in [5.41, 5.74) is 7.25. The average molecular weight is 947 g/mol. The molecule has 5 aromatic carbocycles. The van der Waals surface area contributed by atoms with Crippen LogP contribution >= 0.6 is 11.3 Å². The van der Waals surface area contributed by atoms with Crippen LogP contribution in [-0.4, -0.2) is 35.6 Å². The van der Waals surface area contributed by atoms with Gasteiger partial charge in [0.25, 0.3) is 0 Å². The molecule has 3 aromatic heterocycles. The summed E-state index contributed by atoms with van der Waals surface area (Å²) >= 11 is 1.80. The molecule has 2 N–H and O–H groups in total.